The van der Waals surface area contributed by atoms with Crippen molar-refractivity contribution in [2.75, 3.05) is 13.2 Å². The third kappa shape index (κ3) is 5.07. The molecular weight excluding hydrogens is 552 g/mol. The van der Waals surface area contributed by atoms with Gasteiger partial charge in [-0.25, -0.2) is 0 Å². The molecule has 0 unspecified atom stereocenters. The molecule has 3 aromatic rings. The molecule has 10 N–H and O–H groups in total. The number of ether oxygens (including phenoxy) is 3. The summed E-state index contributed by atoms with van der Waals surface area (Å²) in [6, 6.07) is 5.68. The Kier molecular flexibility index (Phi) is 7.82. The summed E-state index contributed by atoms with van der Waals surface area (Å²) in [5.41, 5.74) is -1.39. The van der Waals surface area contributed by atoms with Gasteiger partial charge in [0.05, 0.1) is 18.8 Å². The highest BCUT2D eigenvalue weighted by Gasteiger charge is 2.47. The summed E-state index contributed by atoms with van der Waals surface area (Å²) in [6.07, 6.45) is -15.3. The summed E-state index contributed by atoms with van der Waals surface area (Å²) in [6.45, 7) is -1.26. The molecule has 2 fully saturated rings. The fourth-order valence-electron chi connectivity index (χ4n) is 4.83. The molecule has 222 valence electrons. The summed E-state index contributed by atoms with van der Waals surface area (Å²) in [5.74, 6) is -2.30. The second kappa shape index (κ2) is 11.1. The number of aliphatic hydroxyl groups excluding tert-OH is 7. The van der Waals surface area contributed by atoms with E-state index in [-0.39, 0.29) is 16.9 Å². The number of hydrogen-bond donors (Lipinski definition) is 10. The zero-order chi connectivity index (χ0) is 29.7. The van der Waals surface area contributed by atoms with Crippen LogP contribution in [0.25, 0.3) is 22.3 Å². The Bertz CT molecular complexity index is 1490. The number of rotatable bonds is 5. The highest BCUT2D eigenvalue weighted by Crippen LogP contribution is 2.46. The first-order chi connectivity index (χ1) is 19.4. The molecule has 9 atom stereocenters. The van der Waals surface area contributed by atoms with Crippen molar-refractivity contribution in [1.82, 2.24) is 0 Å². The van der Waals surface area contributed by atoms with Crippen LogP contribution in [-0.2, 0) is 9.47 Å². The van der Waals surface area contributed by atoms with Crippen molar-refractivity contribution < 1.29 is 69.7 Å². The van der Waals surface area contributed by atoms with Gasteiger partial charge in [0.1, 0.15) is 77.1 Å². The molecular formula is C26H28O15. The van der Waals surface area contributed by atoms with Crippen molar-refractivity contribution >= 4 is 11.0 Å². The Hall–Kier alpha value is -3.51. The second-order valence-electron chi connectivity index (χ2n) is 9.81. The minimum absolute atomic E-state index is 0.101. The molecule has 0 saturated carbocycles. The first-order valence-corrected chi connectivity index (χ1v) is 12.4. The van der Waals surface area contributed by atoms with Crippen molar-refractivity contribution in [1.29, 1.82) is 0 Å². The molecule has 0 bridgehead atoms. The molecule has 15 nitrogen and oxygen atoms in total. The van der Waals surface area contributed by atoms with Crippen molar-refractivity contribution in [3.63, 3.8) is 0 Å². The largest absolute Gasteiger partial charge is 0.506 e. The van der Waals surface area contributed by atoms with Crippen LogP contribution in [0.4, 0.5) is 0 Å². The lowest BCUT2D eigenvalue weighted by atomic mass is 9.89. The zero-order valence-electron chi connectivity index (χ0n) is 21.0. The number of benzene rings is 2. The van der Waals surface area contributed by atoms with Crippen LogP contribution in [0.5, 0.6) is 23.0 Å². The number of hydrogen-bond acceptors (Lipinski definition) is 15. The van der Waals surface area contributed by atoms with E-state index in [2.05, 4.69) is 0 Å². The van der Waals surface area contributed by atoms with E-state index in [1.54, 1.807) is 0 Å². The molecule has 2 aromatic carbocycles. The topological polar surface area (TPSA) is 260 Å². The van der Waals surface area contributed by atoms with Gasteiger partial charge >= 0.3 is 0 Å². The lowest BCUT2D eigenvalue weighted by Crippen LogP contribution is -2.56. The van der Waals surface area contributed by atoms with E-state index in [1.165, 1.54) is 6.07 Å². The van der Waals surface area contributed by atoms with Crippen LogP contribution in [0.1, 0.15) is 11.7 Å². The highest BCUT2D eigenvalue weighted by molar-refractivity contribution is 5.88. The number of fused-ring (bicyclic) bond motifs is 1. The van der Waals surface area contributed by atoms with Gasteiger partial charge in [0.2, 0.25) is 6.29 Å². The maximum absolute atomic E-state index is 13.2. The summed E-state index contributed by atoms with van der Waals surface area (Å²) in [5, 5.41) is 102. The van der Waals surface area contributed by atoms with Crippen LogP contribution in [0, 0.1) is 0 Å². The monoisotopic (exact) mass is 580 g/mol. The third-order valence-electron chi connectivity index (χ3n) is 7.13. The lowest BCUT2D eigenvalue weighted by Gasteiger charge is -2.41. The van der Waals surface area contributed by atoms with Gasteiger partial charge in [0.25, 0.3) is 0 Å². The predicted molar refractivity (Wildman–Crippen MR) is 134 cm³/mol. The van der Waals surface area contributed by atoms with E-state index in [4.69, 9.17) is 18.6 Å². The van der Waals surface area contributed by atoms with Gasteiger partial charge in [-0.2, -0.15) is 0 Å². The standard InChI is InChI=1S/C26H28O15/c27-6-16-20(33)22(35)23(36)25(40-16)18-15(41-26-24(37)19(32)12(31)7-38-26)5-14-17(21(18)34)11(30)4-13(39-14)8-1-2-9(28)10(29)3-8/h1-5,12,16,19-20,22-29,31-37H,6-7H2/t12-,16-,19+,20-,22+,23-,24-,25+,26+/m1/s1. The molecule has 41 heavy (non-hydrogen) atoms. The minimum atomic E-state index is -1.92. The van der Waals surface area contributed by atoms with Gasteiger partial charge < -0.3 is 69.7 Å². The third-order valence-corrected chi connectivity index (χ3v) is 7.13. The van der Waals surface area contributed by atoms with Crippen molar-refractivity contribution in [3.05, 3.63) is 46.1 Å². The molecule has 0 amide bonds. The van der Waals surface area contributed by atoms with Crippen molar-refractivity contribution in [3.8, 4) is 34.3 Å². The number of aliphatic hydroxyl groups is 7. The molecule has 5 rings (SSSR count). The Morgan fingerprint density at radius 2 is 1.59 bits per heavy atom. The Morgan fingerprint density at radius 3 is 2.27 bits per heavy atom. The fourth-order valence-corrected chi connectivity index (χ4v) is 4.83. The van der Waals surface area contributed by atoms with Gasteiger partial charge in [-0.15, -0.1) is 0 Å². The summed E-state index contributed by atoms with van der Waals surface area (Å²) in [7, 11) is 0. The van der Waals surface area contributed by atoms with E-state index in [9.17, 15) is 55.9 Å². The SMILES string of the molecule is O=c1cc(-c2ccc(O)c(O)c2)oc2cc(O[C@@H]3OC[C@@H](O)[C@H](O)[C@H]3O)c([C@@H]3O[C@H](CO)[C@@H](O)[C@H](O)[C@H]3O)c(O)c12. The van der Waals surface area contributed by atoms with E-state index in [1.807, 2.05) is 0 Å². The summed E-state index contributed by atoms with van der Waals surface area (Å²) >= 11 is 0. The summed E-state index contributed by atoms with van der Waals surface area (Å²) < 4.78 is 22.4. The van der Waals surface area contributed by atoms with Gasteiger partial charge in [0, 0.05) is 17.7 Å². The molecule has 2 saturated heterocycles. The predicted octanol–water partition coefficient (Wildman–Crippen LogP) is -2.09. The van der Waals surface area contributed by atoms with Gasteiger partial charge in [0.15, 0.2) is 16.9 Å². The van der Waals surface area contributed by atoms with Crippen molar-refractivity contribution in [2.24, 2.45) is 0 Å². The Morgan fingerprint density at radius 1 is 0.854 bits per heavy atom. The Labute approximate surface area is 229 Å². The summed E-state index contributed by atoms with van der Waals surface area (Å²) in [4.78, 5) is 13.2. The molecule has 3 heterocycles. The molecule has 0 spiro atoms. The molecule has 2 aliphatic heterocycles. The molecule has 1 aromatic heterocycles. The van der Waals surface area contributed by atoms with Crippen molar-refractivity contribution in [2.45, 2.75) is 55.1 Å². The van der Waals surface area contributed by atoms with Crippen LogP contribution in [0.3, 0.4) is 0 Å². The molecule has 0 aliphatic carbocycles. The smallest absolute Gasteiger partial charge is 0.228 e. The van der Waals surface area contributed by atoms with Gasteiger partial charge in [-0.05, 0) is 18.2 Å². The fraction of sp³-hybridized carbons (Fsp3) is 0.423. The molecule has 2 aliphatic rings. The van der Waals surface area contributed by atoms with Crippen LogP contribution >= 0.6 is 0 Å². The molecule has 0 radical (unpaired) electrons. The first-order valence-electron chi connectivity index (χ1n) is 12.4. The van der Waals surface area contributed by atoms with Crippen LogP contribution in [0.2, 0.25) is 0 Å². The first kappa shape index (κ1) is 29.0. The van der Waals surface area contributed by atoms with E-state index < -0.39 is 108 Å². The molecule has 15 heteroatoms. The minimum Gasteiger partial charge on any atom is -0.506 e. The zero-order valence-corrected chi connectivity index (χ0v) is 21.0. The second-order valence-corrected chi connectivity index (χ2v) is 9.81. The van der Waals surface area contributed by atoms with Gasteiger partial charge in [-0.3, -0.25) is 4.79 Å². The van der Waals surface area contributed by atoms with E-state index in [0.29, 0.717) is 0 Å². The Balaban J connectivity index is 1.69. The van der Waals surface area contributed by atoms with Crippen LogP contribution < -0.4 is 10.2 Å². The van der Waals surface area contributed by atoms with Crippen LogP contribution in [0.15, 0.2) is 39.5 Å². The lowest BCUT2D eigenvalue weighted by molar-refractivity contribution is -0.245. The number of phenols is 3. The maximum atomic E-state index is 13.2. The quantitative estimate of drug-likeness (QED) is 0.145. The highest BCUT2D eigenvalue weighted by atomic mass is 16.7. The van der Waals surface area contributed by atoms with E-state index >= 15 is 0 Å². The normalized spacial score (nSPS) is 32.2. The van der Waals surface area contributed by atoms with Crippen LogP contribution in [-0.4, -0.2) is 113 Å². The van der Waals surface area contributed by atoms with E-state index in [0.717, 1.165) is 24.3 Å². The van der Waals surface area contributed by atoms with Gasteiger partial charge in [-0.1, -0.05) is 0 Å². The average Bonchev–Trinajstić information content (AvgIpc) is 2.94. The number of phenolic OH excluding ortho intramolecular Hbond substituents is 3. The average molecular weight is 580 g/mol. The number of aromatic hydroxyl groups is 3. The maximum Gasteiger partial charge on any atom is 0.228 e.